The highest BCUT2D eigenvalue weighted by Crippen LogP contribution is 2.41. The van der Waals surface area contributed by atoms with E-state index >= 15 is 0 Å². The van der Waals surface area contributed by atoms with Crippen molar-refractivity contribution in [2.75, 3.05) is 46.4 Å². The Kier molecular flexibility index (Phi) is 9.54. The minimum Gasteiger partial charge on any atom is -0.466 e. The van der Waals surface area contributed by atoms with Crippen molar-refractivity contribution in [3.8, 4) is 0 Å². The van der Waals surface area contributed by atoms with Gasteiger partial charge in [-0.3, -0.25) is 24.8 Å². The molecule has 0 N–H and O–H groups in total. The lowest BCUT2D eigenvalue weighted by atomic mass is 9.75. The van der Waals surface area contributed by atoms with Gasteiger partial charge >= 0.3 is 11.9 Å². The Morgan fingerprint density at radius 2 is 1.71 bits per heavy atom. The predicted octanol–water partition coefficient (Wildman–Crippen LogP) is 3.07. The van der Waals surface area contributed by atoms with Crippen LogP contribution < -0.4 is 0 Å². The molecule has 0 saturated carbocycles. The van der Waals surface area contributed by atoms with Gasteiger partial charge in [-0.25, -0.2) is 13.2 Å². The normalized spacial score (nSPS) is 20.1. The summed E-state index contributed by atoms with van der Waals surface area (Å²) in [6.45, 7) is 7.14. The Hall–Kier alpha value is -3.94. The van der Waals surface area contributed by atoms with Crippen molar-refractivity contribution >= 4 is 33.4 Å². The van der Waals surface area contributed by atoms with Gasteiger partial charge in [0.2, 0.25) is 10.0 Å². The maximum atomic E-state index is 13.5. The number of nitro groups is 1. The molecule has 2 aliphatic heterocycles. The number of methoxy groups -OCH3 is 1. The van der Waals surface area contributed by atoms with E-state index in [0.717, 1.165) is 5.56 Å². The van der Waals surface area contributed by atoms with Crippen molar-refractivity contribution in [1.29, 1.82) is 0 Å². The van der Waals surface area contributed by atoms with Crippen LogP contribution in [0.15, 0.2) is 69.7 Å². The van der Waals surface area contributed by atoms with Crippen LogP contribution in [-0.2, 0) is 29.1 Å². The van der Waals surface area contributed by atoms with Crippen LogP contribution in [0.1, 0.15) is 30.9 Å². The lowest BCUT2D eigenvalue weighted by Gasteiger charge is -2.34. The van der Waals surface area contributed by atoms with E-state index in [2.05, 4.69) is 4.99 Å². The van der Waals surface area contributed by atoms with Crippen LogP contribution >= 0.6 is 0 Å². The molecule has 13 heteroatoms. The SMILES string of the molecule is COC(=O)C1=C(C)N=C(C)C(C(=O)OCCN2CCN(S(=O)(=O)c3ccc(C)cc3)CC2)[C@H]1c1cccc([N+](=O)[O-])c1. The molecular formula is C29H34N4O8S. The molecule has 0 aromatic heterocycles. The van der Waals surface area contributed by atoms with Crippen LogP contribution in [0.2, 0.25) is 0 Å². The summed E-state index contributed by atoms with van der Waals surface area (Å²) in [5.41, 5.74) is 2.11. The first kappa shape index (κ1) is 31.0. The van der Waals surface area contributed by atoms with Crippen LogP contribution in [-0.4, -0.2) is 86.6 Å². The zero-order valence-electron chi connectivity index (χ0n) is 24.0. The third-order valence-electron chi connectivity index (χ3n) is 7.57. The van der Waals surface area contributed by atoms with E-state index in [1.54, 1.807) is 44.2 Å². The zero-order valence-corrected chi connectivity index (χ0v) is 24.8. The predicted molar refractivity (Wildman–Crippen MR) is 154 cm³/mol. The molecule has 1 saturated heterocycles. The van der Waals surface area contributed by atoms with Gasteiger partial charge < -0.3 is 9.47 Å². The third-order valence-corrected chi connectivity index (χ3v) is 9.48. The zero-order chi connectivity index (χ0) is 30.6. The number of allylic oxidation sites excluding steroid dienone is 1. The Balaban J connectivity index is 1.43. The van der Waals surface area contributed by atoms with Crippen molar-refractivity contribution in [2.24, 2.45) is 10.9 Å². The Morgan fingerprint density at radius 3 is 2.33 bits per heavy atom. The van der Waals surface area contributed by atoms with Crippen LogP contribution in [0.4, 0.5) is 5.69 Å². The molecule has 0 spiro atoms. The van der Waals surface area contributed by atoms with Gasteiger partial charge in [0.15, 0.2) is 0 Å². The highest BCUT2D eigenvalue weighted by atomic mass is 32.2. The van der Waals surface area contributed by atoms with Crippen molar-refractivity contribution in [1.82, 2.24) is 9.21 Å². The molecule has 2 aromatic carbocycles. The second kappa shape index (κ2) is 12.9. The molecule has 224 valence electrons. The van der Waals surface area contributed by atoms with E-state index in [4.69, 9.17) is 9.47 Å². The molecule has 0 radical (unpaired) electrons. The van der Waals surface area contributed by atoms with Crippen molar-refractivity contribution in [3.05, 3.63) is 81.0 Å². The summed E-state index contributed by atoms with van der Waals surface area (Å²) in [6.07, 6.45) is 0. The number of non-ortho nitro benzene ring substituents is 1. The summed E-state index contributed by atoms with van der Waals surface area (Å²) in [6, 6.07) is 12.5. The fourth-order valence-electron chi connectivity index (χ4n) is 5.33. The van der Waals surface area contributed by atoms with Gasteiger partial charge in [0, 0.05) is 62.2 Å². The quantitative estimate of drug-likeness (QED) is 0.241. The van der Waals surface area contributed by atoms with Gasteiger partial charge in [0.25, 0.3) is 5.69 Å². The first-order chi connectivity index (χ1) is 19.9. The number of piperazine rings is 1. The maximum Gasteiger partial charge on any atom is 0.336 e. The van der Waals surface area contributed by atoms with Crippen LogP contribution in [0.5, 0.6) is 0 Å². The lowest BCUT2D eigenvalue weighted by molar-refractivity contribution is -0.384. The van der Waals surface area contributed by atoms with Gasteiger partial charge in [0.1, 0.15) is 12.5 Å². The van der Waals surface area contributed by atoms with Gasteiger partial charge in [0.05, 0.1) is 22.5 Å². The van der Waals surface area contributed by atoms with Crippen molar-refractivity contribution < 1.29 is 32.4 Å². The summed E-state index contributed by atoms with van der Waals surface area (Å²) in [5, 5.41) is 11.4. The first-order valence-corrected chi connectivity index (χ1v) is 14.9. The minimum absolute atomic E-state index is 0.0330. The molecule has 2 atom stereocenters. The highest BCUT2D eigenvalue weighted by Gasteiger charge is 2.42. The fourth-order valence-corrected chi connectivity index (χ4v) is 6.75. The number of carbonyl (C=O) groups is 2. The molecule has 2 aliphatic rings. The molecule has 1 unspecified atom stereocenters. The number of esters is 2. The Morgan fingerprint density at radius 1 is 1.05 bits per heavy atom. The molecule has 0 bridgehead atoms. The molecule has 42 heavy (non-hydrogen) atoms. The van der Waals surface area contributed by atoms with E-state index in [-0.39, 0.29) is 22.8 Å². The summed E-state index contributed by atoms with van der Waals surface area (Å²) >= 11 is 0. The summed E-state index contributed by atoms with van der Waals surface area (Å²) in [4.78, 5) is 43.8. The largest absolute Gasteiger partial charge is 0.466 e. The van der Waals surface area contributed by atoms with E-state index in [0.29, 0.717) is 49.7 Å². The first-order valence-electron chi connectivity index (χ1n) is 13.5. The minimum atomic E-state index is -3.59. The van der Waals surface area contributed by atoms with E-state index < -0.39 is 38.7 Å². The molecule has 2 aromatic rings. The van der Waals surface area contributed by atoms with Crippen LogP contribution in [0.3, 0.4) is 0 Å². The number of aryl methyl sites for hydroxylation is 1. The molecular weight excluding hydrogens is 564 g/mol. The fraction of sp³-hybridized carbons (Fsp3) is 0.414. The third kappa shape index (κ3) is 6.58. The molecule has 12 nitrogen and oxygen atoms in total. The lowest BCUT2D eigenvalue weighted by Crippen LogP contribution is -2.49. The van der Waals surface area contributed by atoms with Gasteiger partial charge in [-0.05, 0) is 38.5 Å². The number of hydrogen-bond donors (Lipinski definition) is 0. The van der Waals surface area contributed by atoms with Gasteiger partial charge in [-0.15, -0.1) is 0 Å². The summed E-state index contributed by atoms with van der Waals surface area (Å²) in [7, 11) is -2.37. The topological polar surface area (TPSA) is 149 Å². The maximum absolute atomic E-state index is 13.5. The number of sulfonamides is 1. The molecule has 4 rings (SSSR count). The number of ether oxygens (including phenoxy) is 2. The Bertz CT molecular complexity index is 1530. The second-order valence-electron chi connectivity index (χ2n) is 10.3. The van der Waals surface area contributed by atoms with Crippen LogP contribution in [0.25, 0.3) is 0 Å². The highest BCUT2D eigenvalue weighted by molar-refractivity contribution is 7.89. The summed E-state index contributed by atoms with van der Waals surface area (Å²) < 4.78 is 38.1. The standard InChI is InChI=1S/C29H34N4O8S/c1-19-8-10-24(11-9-19)42(38,39)32-14-12-31(13-15-32)16-17-41-29(35)26-21(3)30-20(2)25(28(34)40-4)27(26)22-6-5-7-23(18-22)33(36)37/h5-11,18,26-27H,12-17H2,1-4H3/t26?,27-/m0/s1. The number of aliphatic imine (C=N–C) groups is 1. The van der Waals surface area contributed by atoms with Gasteiger partial charge in [-0.1, -0.05) is 29.8 Å². The molecule has 1 fully saturated rings. The average Bonchev–Trinajstić information content (AvgIpc) is 2.97. The summed E-state index contributed by atoms with van der Waals surface area (Å²) in [5.74, 6) is -3.20. The molecule has 2 heterocycles. The number of benzene rings is 2. The van der Waals surface area contributed by atoms with E-state index in [9.17, 15) is 28.1 Å². The molecule has 0 amide bonds. The number of hydrogen-bond acceptors (Lipinski definition) is 10. The number of nitrogens with zero attached hydrogens (tertiary/aromatic N) is 4. The monoisotopic (exact) mass is 598 g/mol. The molecule has 0 aliphatic carbocycles. The smallest absolute Gasteiger partial charge is 0.336 e. The number of carbonyl (C=O) groups excluding carboxylic acids is 2. The number of nitro benzene ring substituents is 1. The van der Waals surface area contributed by atoms with Gasteiger partial charge in [-0.2, -0.15) is 4.31 Å². The Labute approximate surface area is 244 Å². The van der Waals surface area contributed by atoms with Crippen molar-refractivity contribution in [3.63, 3.8) is 0 Å². The van der Waals surface area contributed by atoms with E-state index in [1.807, 2.05) is 11.8 Å². The number of rotatable bonds is 9. The van der Waals surface area contributed by atoms with E-state index in [1.165, 1.54) is 29.6 Å². The second-order valence-corrected chi connectivity index (χ2v) is 12.2. The van der Waals surface area contributed by atoms with Crippen molar-refractivity contribution in [2.45, 2.75) is 31.6 Å². The average molecular weight is 599 g/mol. The van der Waals surface area contributed by atoms with Crippen LogP contribution in [0, 0.1) is 23.0 Å².